The molecule has 94 valence electrons. The summed E-state index contributed by atoms with van der Waals surface area (Å²) in [6, 6.07) is 4.71. The standard InChI is InChI=1S/C13H18ClFN2/c1-13(2)9-17(5-3-4-16-13)12-7-10(14)6-11(15)8-12/h6-8,16H,3-5,9H2,1-2H3. The van der Waals surface area contributed by atoms with Gasteiger partial charge in [0.25, 0.3) is 0 Å². The minimum absolute atomic E-state index is 0.0370. The molecule has 0 atom stereocenters. The predicted octanol–water partition coefficient (Wildman–Crippen LogP) is 3.06. The van der Waals surface area contributed by atoms with E-state index in [1.807, 2.05) is 6.07 Å². The minimum atomic E-state index is -0.275. The Morgan fingerprint density at radius 1 is 1.35 bits per heavy atom. The van der Waals surface area contributed by atoms with Gasteiger partial charge in [-0.1, -0.05) is 11.6 Å². The van der Waals surface area contributed by atoms with E-state index in [0.29, 0.717) is 5.02 Å². The second-order valence-corrected chi connectivity index (χ2v) is 5.65. The molecular formula is C13H18ClFN2. The van der Waals surface area contributed by atoms with Crippen LogP contribution in [0.25, 0.3) is 0 Å². The molecule has 1 aliphatic heterocycles. The van der Waals surface area contributed by atoms with Crippen LogP contribution in [0.15, 0.2) is 18.2 Å². The molecule has 1 aliphatic rings. The lowest BCUT2D eigenvalue weighted by atomic mass is 10.1. The van der Waals surface area contributed by atoms with Crippen LogP contribution >= 0.6 is 11.6 Å². The first-order valence-electron chi connectivity index (χ1n) is 5.92. The number of halogens is 2. The fraction of sp³-hybridized carbons (Fsp3) is 0.538. The number of hydrogen-bond donors (Lipinski definition) is 1. The number of hydrogen-bond acceptors (Lipinski definition) is 2. The molecule has 1 fully saturated rings. The van der Waals surface area contributed by atoms with Crippen LogP contribution in [-0.2, 0) is 0 Å². The predicted molar refractivity (Wildman–Crippen MR) is 70.3 cm³/mol. The zero-order valence-electron chi connectivity index (χ0n) is 10.3. The zero-order valence-corrected chi connectivity index (χ0v) is 11.0. The van der Waals surface area contributed by atoms with Crippen molar-refractivity contribution in [3.63, 3.8) is 0 Å². The third-order valence-corrected chi connectivity index (χ3v) is 3.23. The highest BCUT2D eigenvalue weighted by molar-refractivity contribution is 6.30. The largest absolute Gasteiger partial charge is 0.370 e. The van der Waals surface area contributed by atoms with Gasteiger partial charge in [0.05, 0.1) is 0 Å². The second-order valence-electron chi connectivity index (χ2n) is 5.21. The number of nitrogens with zero attached hydrogens (tertiary/aromatic N) is 1. The van der Waals surface area contributed by atoms with E-state index in [1.54, 1.807) is 6.07 Å². The van der Waals surface area contributed by atoms with Crippen LogP contribution in [0.4, 0.5) is 10.1 Å². The maximum Gasteiger partial charge on any atom is 0.126 e. The van der Waals surface area contributed by atoms with Crippen molar-refractivity contribution in [1.82, 2.24) is 5.32 Å². The van der Waals surface area contributed by atoms with Crippen molar-refractivity contribution in [2.24, 2.45) is 0 Å². The molecule has 1 aromatic rings. The Morgan fingerprint density at radius 2 is 2.12 bits per heavy atom. The minimum Gasteiger partial charge on any atom is -0.370 e. The van der Waals surface area contributed by atoms with Crippen molar-refractivity contribution in [2.45, 2.75) is 25.8 Å². The van der Waals surface area contributed by atoms with Crippen molar-refractivity contribution in [1.29, 1.82) is 0 Å². The van der Waals surface area contributed by atoms with E-state index in [0.717, 1.165) is 31.7 Å². The van der Waals surface area contributed by atoms with Gasteiger partial charge in [0.2, 0.25) is 0 Å². The normalized spacial score (nSPS) is 20.1. The van der Waals surface area contributed by atoms with Gasteiger partial charge in [0, 0.05) is 29.3 Å². The van der Waals surface area contributed by atoms with Gasteiger partial charge in [0.15, 0.2) is 0 Å². The Labute approximate surface area is 107 Å². The summed E-state index contributed by atoms with van der Waals surface area (Å²) in [4.78, 5) is 2.19. The van der Waals surface area contributed by atoms with Gasteiger partial charge in [-0.3, -0.25) is 0 Å². The molecule has 1 saturated heterocycles. The Kier molecular flexibility index (Phi) is 3.59. The van der Waals surface area contributed by atoms with Crippen LogP contribution in [0.3, 0.4) is 0 Å². The molecule has 0 amide bonds. The molecule has 1 N–H and O–H groups in total. The smallest absolute Gasteiger partial charge is 0.126 e. The Bertz CT molecular complexity index is 386. The zero-order chi connectivity index (χ0) is 12.5. The van der Waals surface area contributed by atoms with Gasteiger partial charge >= 0.3 is 0 Å². The molecule has 0 saturated carbocycles. The van der Waals surface area contributed by atoms with Crippen LogP contribution < -0.4 is 10.2 Å². The van der Waals surface area contributed by atoms with Crippen LogP contribution in [0.2, 0.25) is 5.02 Å². The summed E-state index contributed by atoms with van der Waals surface area (Å²) in [7, 11) is 0. The van der Waals surface area contributed by atoms with E-state index >= 15 is 0 Å². The molecule has 2 rings (SSSR count). The van der Waals surface area contributed by atoms with Gasteiger partial charge in [-0.25, -0.2) is 4.39 Å². The number of nitrogens with one attached hydrogen (secondary N) is 1. The van der Waals surface area contributed by atoms with Gasteiger partial charge in [0.1, 0.15) is 5.82 Å². The summed E-state index contributed by atoms with van der Waals surface area (Å²) in [6.45, 7) is 7.09. The van der Waals surface area contributed by atoms with Crippen molar-refractivity contribution < 1.29 is 4.39 Å². The van der Waals surface area contributed by atoms with Crippen molar-refractivity contribution in [3.05, 3.63) is 29.0 Å². The molecule has 1 aromatic carbocycles. The first kappa shape index (κ1) is 12.7. The summed E-state index contributed by atoms with van der Waals surface area (Å²) in [5.41, 5.74) is 0.904. The van der Waals surface area contributed by atoms with E-state index in [2.05, 4.69) is 24.1 Å². The SMILES string of the molecule is CC1(C)CN(c2cc(F)cc(Cl)c2)CCCN1. The third-order valence-electron chi connectivity index (χ3n) is 3.01. The molecule has 0 aliphatic carbocycles. The quantitative estimate of drug-likeness (QED) is 0.831. The average Bonchev–Trinajstić information content (AvgIpc) is 2.37. The molecule has 1 heterocycles. The molecular weight excluding hydrogens is 239 g/mol. The number of anilines is 1. The summed E-state index contributed by atoms with van der Waals surface area (Å²) in [5, 5.41) is 3.94. The van der Waals surface area contributed by atoms with E-state index < -0.39 is 0 Å². The van der Waals surface area contributed by atoms with E-state index in [1.165, 1.54) is 6.07 Å². The van der Waals surface area contributed by atoms with Crippen LogP contribution in [-0.4, -0.2) is 25.2 Å². The molecule has 17 heavy (non-hydrogen) atoms. The third kappa shape index (κ3) is 3.33. The van der Waals surface area contributed by atoms with Gasteiger partial charge in [-0.05, 0) is 45.0 Å². The Balaban J connectivity index is 2.25. The Morgan fingerprint density at radius 3 is 2.82 bits per heavy atom. The Hall–Kier alpha value is -0.800. The molecule has 0 aromatic heterocycles. The van der Waals surface area contributed by atoms with Crippen molar-refractivity contribution in [2.75, 3.05) is 24.5 Å². The van der Waals surface area contributed by atoms with Crippen LogP contribution in [0.1, 0.15) is 20.3 Å². The number of benzene rings is 1. The van der Waals surface area contributed by atoms with E-state index in [4.69, 9.17) is 11.6 Å². The number of rotatable bonds is 1. The molecule has 4 heteroatoms. The summed E-state index contributed by atoms with van der Waals surface area (Å²) in [6.07, 6.45) is 1.05. The lowest BCUT2D eigenvalue weighted by molar-refractivity contribution is 0.416. The molecule has 0 bridgehead atoms. The average molecular weight is 257 g/mol. The summed E-state index contributed by atoms with van der Waals surface area (Å²) >= 11 is 5.90. The van der Waals surface area contributed by atoms with E-state index in [-0.39, 0.29) is 11.4 Å². The molecule has 2 nitrogen and oxygen atoms in total. The van der Waals surface area contributed by atoms with Crippen molar-refractivity contribution >= 4 is 17.3 Å². The monoisotopic (exact) mass is 256 g/mol. The lowest BCUT2D eigenvalue weighted by Gasteiger charge is -2.31. The summed E-state index contributed by atoms with van der Waals surface area (Å²) < 4.78 is 13.4. The maximum atomic E-state index is 13.4. The lowest BCUT2D eigenvalue weighted by Crippen LogP contribution is -2.46. The fourth-order valence-corrected chi connectivity index (χ4v) is 2.47. The highest BCUT2D eigenvalue weighted by Crippen LogP contribution is 2.24. The van der Waals surface area contributed by atoms with E-state index in [9.17, 15) is 4.39 Å². The van der Waals surface area contributed by atoms with Crippen LogP contribution in [0.5, 0.6) is 0 Å². The molecule has 0 spiro atoms. The topological polar surface area (TPSA) is 15.3 Å². The van der Waals surface area contributed by atoms with Gasteiger partial charge < -0.3 is 10.2 Å². The highest BCUT2D eigenvalue weighted by Gasteiger charge is 2.24. The fourth-order valence-electron chi connectivity index (χ4n) is 2.25. The highest BCUT2D eigenvalue weighted by atomic mass is 35.5. The van der Waals surface area contributed by atoms with Gasteiger partial charge in [-0.15, -0.1) is 0 Å². The summed E-state index contributed by atoms with van der Waals surface area (Å²) in [5.74, 6) is -0.275. The van der Waals surface area contributed by atoms with Crippen molar-refractivity contribution in [3.8, 4) is 0 Å². The molecule has 0 radical (unpaired) electrons. The molecule has 0 unspecified atom stereocenters. The first-order chi connectivity index (χ1) is 7.96. The van der Waals surface area contributed by atoms with Crippen LogP contribution in [0, 0.1) is 5.82 Å². The van der Waals surface area contributed by atoms with Gasteiger partial charge in [-0.2, -0.15) is 0 Å². The maximum absolute atomic E-state index is 13.4. The first-order valence-corrected chi connectivity index (χ1v) is 6.30. The second kappa shape index (κ2) is 4.83.